The number of carbonyl (C=O) groups is 1. The molecule has 1 fully saturated rings. The standard InChI is InChI=1S/C24H29N6O8P/c1-14(2)36-23(33)15(3)29-39(34,38-16-7-5-4-6-8-16)35-11-18-20(31)21(32)24(12-25,37-18)19-10-9-17-22(26)27-13-28-30(17)19/h4-10,13-15,18,20-21,31-32H,11H2,1-3H3,(H,29,34)(H2,26,27,28). The molecule has 3 heterocycles. The van der Waals surface area contributed by atoms with Crippen LogP contribution in [0.25, 0.3) is 5.52 Å². The van der Waals surface area contributed by atoms with Crippen LogP contribution in [0.3, 0.4) is 0 Å². The monoisotopic (exact) mass is 560 g/mol. The Balaban J connectivity index is 1.58. The summed E-state index contributed by atoms with van der Waals surface area (Å²) in [4.78, 5) is 16.2. The summed E-state index contributed by atoms with van der Waals surface area (Å²) in [5.41, 5.74) is 4.25. The van der Waals surface area contributed by atoms with Gasteiger partial charge >= 0.3 is 13.7 Å². The molecule has 1 aliphatic rings. The van der Waals surface area contributed by atoms with Gasteiger partial charge in [-0.2, -0.15) is 15.4 Å². The molecule has 14 nitrogen and oxygen atoms in total. The zero-order valence-corrected chi connectivity index (χ0v) is 22.3. The molecule has 6 atom stereocenters. The molecular weight excluding hydrogens is 531 g/mol. The Bertz CT molecular complexity index is 1410. The van der Waals surface area contributed by atoms with Gasteiger partial charge in [0.05, 0.1) is 18.4 Å². The van der Waals surface area contributed by atoms with E-state index in [4.69, 9.17) is 24.3 Å². The number of nitrogen functional groups attached to an aromatic ring is 1. The van der Waals surface area contributed by atoms with Crippen LogP contribution in [0.1, 0.15) is 26.5 Å². The predicted octanol–water partition coefficient (Wildman–Crippen LogP) is 1.28. The summed E-state index contributed by atoms with van der Waals surface area (Å²) in [5, 5.41) is 38.4. The minimum absolute atomic E-state index is 0.0926. The number of para-hydroxylation sites is 1. The van der Waals surface area contributed by atoms with Crippen molar-refractivity contribution < 1.29 is 38.1 Å². The molecule has 4 rings (SSSR count). The summed E-state index contributed by atoms with van der Waals surface area (Å²) in [6, 6.07) is 11.9. The van der Waals surface area contributed by atoms with Gasteiger partial charge in [-0.25, -0.2) is 14.1 Å². The number of rotatable bonds is 10. The van der Waals surface area contributed by atoms with E-state index in [0.29, 0.717) is 5.52 Å². The molecule has 1 aromatic carbocycles. The molecule has 0 bridgehead atoms. The van der Waals surface area contributed by atoms with Gasteiger partial charge in [-0.1, -0.05) is 18.2 Å². The van der Waals surface area contributed by atoms with E-state index >= 15 is 0 Å². The number of esters is 1. The maximum Gasteiger partial charge on any atom is 0.459 e. The summed E-state index contributed by atoms with van der Waals surface area (Å²) < 4.78 is 37.2. The Morgan fingerprint density at radius 1 is 1.28 bits per heavy atom. The fourth-order valence-corrected chi connectivity index (χ4v) is 5.56. The molecule has 208 valence electrons. The number of aromatic nitrogens is 3. The highest BCUT2D eigenvalue weighted by Gasteiger charge is 2.58. The fourth-order valence-electron chi connectivity index (χ4n) is 4.06. The molecule has 0 saturated carbocycles. The Morgan fingerprint density at radius 3 is 2.67 bits per heavy atom. The lowest BCUT2D eigenvalue weighted by molar-refractivity contribution is -0.149. The number of aliphatic hydroxyl groups excluding tert-OH is 2. The van der Waals surface area contributed by atoms with Crippen LogP contribution in [0.15, 0.2) is 48.8 Å². The molecule has 0 amide bonds. The highest BCUT2D eigenvalue weighted by Crippen LogP contribution is 2.47. The molecule has 1 saturated heterocycles. The van der Waals surface area contributed by atoms with E-state index in [1.54, 1.807) is 38.1 Å². The van der Waals surface area contributed by atoms with Crippen molar-refractivity contribution in [2.24, 2.45) is 0 Å². The normalized spacial score (nSPS) is 25.2. The Labute approximate surface area is 223 Å². The quantitative estimate of drug-likeness (QED) is 0.204. The van der Waals surface area contributed by atoms with E-state index in [1.807, 2.05) is 6.07 Å². The molecule has 6 unspecified atom stereocenters. The van der Waals surface area contributed by atoms with Gasteiger partial charge in [0.1, 0.15) is 48.0 Å². The van der Waals surface area contributed by atoms with Crippen molar-refractivity contribution in [1.29, 1.82) is 5.26 Å². The number of ether oxygens (including phenoxy) is 2. The number of aliphatic hydroxyl groups is 2. The van der Waals surface area contributed by atoms with Gasteiger partial charge in [0.15, 0.2) is 5.82 Å². The van der Waals surface area contributed by atoms with E-state index in [-0.39, 0.29) is 17.3 Å². The van der Waals surface area contributed by atoms with Crippen LogP contribution in [0, 0.1) is 11.3 Å². The van der Waals surface area contributed by atoms with E-state index in [0.717, 1.165) is 0 Å². The molecule has 1 aliphatic heterocycles. The maximum absolute atomic E-state index is 13.7. The van der Waals surface area contributed by atoms with Gasteiger partial charge in [0.2, 0.25) is 5.60 Å². The number of nitrogens with one attached hydrogen (secondary N) is 1. The number of anilines is 1. The van der Waals surface area contributed by atoms with Crippen molar-refractivity contribution in [1.82, 2.24) is 19.7 Å². The first-order valence-electron chi connectivity index (χ1n) is 12.0. The summed E-state index contributed by atoms with van der Waals surface area (Å²) in [6.45, 7) is 4.17. The fraction of sp³-hybridized carbons (Fsp3) is 0.417. The largest absolute Gasteiger partial charge is 0.462 e. The first kappa shape index (κ1) is 28.4. The number of nitrogens with two attached hydrogens (primary N) is 1. The third-order valence-corrected chi connectivity index (χ3v) is 7.57. The van der Waals surface area contributed by atoms with Crippen LogP contribution < -0.4 is 15.3 Å². The molecule has 3 aromatic rings. The summed E-state index contributed by atoms with van der Waals surface area (Å²) in [5.74, 6) is -0.385. The summed E-state index contributed by atoms with van der Waals surface area (Å²) in [7, 11) is -4.30. The second-order valence-electron chi connectivity index (χ2n) is 9.13. The number of hydrogen-bond acceptors (Lipinski definition) is 12. The molecule has 0 spiro atoms. The van der Waals surface area contributed by atoms with Crippen molar-refractivity contribution in [2.45, 2.75) is 56.8 Å². The minimum atomic E-state index is -4.30. The SMILES string of the molecule is CC(C)OC(=O)C(C)NP(=O)(OCC1OC(C#N)(c2ccc3c(N)ncnn23)C(O)C1O)Oc1ccccc1. The summed E-state index contributed by atoms with van der Waals surface area (Å²) >= 11 is 0. The molecule has 15 heteroatoms. The Hall–Kier alpha value is -3.57. The van der Waals surface area contributed by atoms with Gasteiger partial charge < -0.3 is 29.9 Å². The number of nitrogens with zero attached hydrogens (tertiary/aromatic N) is 4. The predicted molar refractivity (Wildman–Crippen MR) is 136 cm³/mol. The highest BCUT2D eigenvalue weighted by atomic mass is 31.2. The number of fused-ring (bicyclic) bond motifs is 1. The number of benzene rings is 1. The van der Waals surface area contributed by atoms with Gasteiger partial charge in [0, 0.05) is 0 Å². The molecular formula is C24H29N6O8P. The molecule has 5 N–H and O–H groups in total. The lowest BCUT2D eigenvalue weighted by Gasteiger charge is -2.25. The van der Waals surface area contributed by atoms with Gasteiger partial charge in [-0.05, 0) is 45.0 Å². The van der Waals surface area contributed by atoms with Crippen LogP contribution in [-0.4, -0.2) is 67.8 Å². The van der Waals surface area contributed by atoms with Crippen LogP contribution in [0.2, 0.25) is 0 Å². The lowest BCUT2D eigenvalue weighted by atomic mass is 9.92. The lowest BCUT2D eigenvalue weighted by Crippen LogP contribution is -2.41. The minimum Gasteiger partial charge on any atom is -0.462 e. The second kappa shape index (κ2) is 11.3. The van der Waals surface area contributed by atoms with E-state index in [2.05, 4.69) is 15.2 Å². The average molecular weight is 561 g/mol. The molecule has 0 radical (unpaired) electrons. The Kier molecular flexibility index (Phi) is 8.22. The van der Waals surface area contributed by atoms with E-state index < -0.39 is 56.4 Å². The number of hydrogen-bond donors (Lipinski definition) is 4. The Morgan fingerprint density at radius 2 is 2.00 bits per heavy atom. The first-order chi connectivity index (χ1) is 18.5. The van der Waals surface area contributed by atoms with Crippen LogP contribution in [-0.2, 0) is 29.0 Å². The molecule has 0 aliphatic carbocycles. The van der Waals surface area contributed by atoms with Crippen molar-refractivity contribution in [3.05, 3.63) is 54.5 Å². The van der Waals surface area contributed by atoms with Crippen molar-refractivity contribution in [2.75, 3.05) is 12.3 Å². The van der Waals surface area contributed by atoms with Crippen molar-refractivity contribution in [3.8, 4) is 11.8 Å². The van der Waals surface area contributed by atoms with E-state index in [1.165, 1.54) is 36.0 Å². The topological polar surface area (TPSA) is 204 Å². The van der Waals surface area contributed by atoms with E-state index in [9.17, 15) is 24.8 Å². The van der Waals surface area contributed by atoms with Gasteiger partial charge in [-0.15, -0.1) is 0 Å². The zero-order valence-electron chi connectivity index (χ0n) is 21.4. The zero-order chi connectivity index (χ0) is 28.4. The van der Waals surface area contributed by atoms with Crippen LogP contribution in [0.5, 0.6) is 5.75 Å². The average Bonchev–Trinajstić information content (AvgIpc) is 3.44. The van der Waals surface area contributed by atoms with Crippen LogP contribution >= 0.6 is 7.75 Å². The van der Waals surface area contributed by atoms with Crippen LogP contribution in [0.4, 0.5) is 5.82 Å². The highest BCUT2D eigenvalue weighted by molar-refractivity contribution is 7.52. The third-order valence-electron chi connectivity index (χ3n) is 5.92. The number of nitriles is 1. The van der Waals surface area contributed by atoms with Crippen molar-refractivity contribution in [3.63, 3.8) is 0 Å². The molecule has 2 aromatic heterocycles. The first-order valence-corrected chi connectivity index (χ1v) is 13.6. The van der Waals surface area contributed by atoms with Gasteiger partial charge in [-0.3, -0.25) is 9.32 Å². The maximum atomic E-state index is 13.7. The molecule has 39 heavy (non-hydrogen) atoms. The van der Waals surface area contributed by atoms with Crippen molar-refractivity contribution >= 4 is 25.1 Å². The second-order valence-corrected chi connectivity index (χ2v) is 10.8. The third kappa shape index (κ3) is 5.74. The van der Waals surface area contributed by atoms with Gasteiger partial charge in [0.25, 0.3) is 0 Å². The smallest absolute Gasteiger partial charge is 0.459 e. The summed E-state index contributed by atoms with van der Waals surface area (Å²) in [6.07, 6.45) is -3.96. The number of carbonyl (C=O) groups excluding carboxylic acids is 1.